The van der Waals surface area contributed by atoms with E-state index in [1.165, 1.54) is 0 Å². The van der Waals surface area contributed by atoms with Gasteiger partial charge in [-0.2, -0.15) is 0 Å². The number of piperazine rings is 1. The van der Waals surface area contributed by atoms with Crippen molar-refractivity contribution in [3.05, 3.63) is 48.3 Å². The summed E-state index contributed by atoms with van der Waals surface area (Å²) < 4.78 is 0. The second-order valence-electron chi connectivity index (χ2n) is 6.83. The van der Waals surface area contributed by atoms with E-state index in [1.54, 1.807) is 23.4 Å². The first-order chi connectivity index (χ1) is 13.2. The average Bonchev–Trinajstić information content (AvgIpc) is 3.13. The maximum atomic E-state index is 13.2. The lowest BCUT2D eigenvalue weighted by molar-refractivity contribution is -0.134. The lowest BCUT2D eigenvalue weighted by Gasteiger charge is -2.37. The van der Waals surface area contributed by atoms with Crippen LogP contribution in [0.15, 0.2) is 42.7 Å². The zero-order chi connectivity index (χ0) is 18.8. The van der Waals surface area contributed by atoms with Crippen molar-refractivity contribution >= 4 is 23.5 Å². The van der Waals surface area contributed by atoms with Crippen LogP contribution in [0.4, 0.5) is 11.6 Å². The summed E-state index contributed by atoms with van der Waals surface area (Å²) in [6.07, 6.45) is 4.42. The van der Waals surface area contributed by atoms with E-state index in [0.29, 0.717) is 45.0 Å². The van der Waals surface area contributed by atoms with Crippen LogP contribution in [0.2, 0.25) is 0 Å². The van der Waals surface area contributed by atoms with Crippen molar-refractivity contribution in [1.82, 2.24) is 14.9 Å². The molecule has 7 heteroatoms. The molecule has 2 aliphatic rings. The molecule has 3 heterocycles. The quantitative estimate of drug-likeness (QED) is 0.824. The van der Waals surface area contributed by atoms with Crippen LogP contribution < -0.4 is 9.80 Å². The topological polar surface area (TPSA) is 69.6 Å². The van der Waals surface area contributed by atoms with E-state index in [9.17, 15) is 9.59 Å². The van der Waals surface area contributed by atoms with Gasteiger partial charge in [-0.05, 0) is 17.7 Å². The summed E-state index contributed by atoms with van der Waals surface area (Å²) in [6.45, 7) is 4.44. The maximum absolute atomic E-state index is 13.2. The summed E-state index contributed by atoms with van der Waals surface area (Å²) in [6, 6.07) is 9.17. The highest BCUT2D eigenvalue weighted by Gasteiger charge is 2.40. The molecule has 1 fully saturated rings. The lowest BCUT2D eigenvalue weighted by atomic mass is 10.1. The number of para-hydroxylation sites is 1. The second-order valence-corrected chi connectivity index (χ2v) is 6.83. The van der Waals surface area contributed by atoms with Gasteiger partial charge in [-0.15, -0.1) is 0 Å². The van der Waals surface area contributed by atoms with E-state index < -0.39 is 6.04 Å². The maximum Gasteiger partial charge on any atom is 0.246 e. The molecule has 0 bridgehead atoms. The van der Waals surface area contributed by atoms with Crippen LogP contribution in [-0.4, -0.2) is 58.9 Å². The number of rotatable bonds is 3. The van der Waals surface area contributed by atoms with E-state index in [4.69, 9.17) is 0 Å². The van der Waals surface area contributed by atoms with Gasteiger partial charge in [0.25, 0.3) is 0 Å². The standard InChI is InChI=1S/C20H23N5O2/c1-2-18(26)25-16-7-4-3-6-15(16)14-17(25)19(27)23-10-12-24(13-11-23)20-21-8-5-9-22-20/h3-9,17H,2,10-14H2,1H3/t17-/m1/s1. The number of hydrogen-bond acceptors (Lipinski definition) is 5. The molecule has 0 saturated carbocycles. The Hall–Kier alpha value is -2.96. The van der Waals surface area contributed by atoms with Crippen molar-refractivity contribution in [2.24, 2.45) is 0 Å². The molecule has 0 N–H and O–H groups in total. The molecule has 1 aromatic heterocycles. The number of carbonyl (C=O) groups excluding carboxylic acids is 2. The molecule has 140 valence electrons. The van der Waals surface area contributed by atoms with Crippen LogP contribution in [0.1, 0.15) is 18.9 Å². The first-order valence-corrected chi connectivity index (χ1v) is 9.39. The van der Waals surface area contributed by atoms with Gasteiger partial charge in [-0.3, -0.25) is 14.5 Å². The number of aromatic nitrogens is 2. The van der Waals surface area contributed by atoms with E-state index in [2.05, 4.69) is 14.9 Å². The van der Waals surface area contributed by atoms with Gasteiger partial charge in [0, 0.05) is 57.1 Å². The number of nitrogens with zero attached hydrogens (tertiary/aromatic N) is 5. The molecule has 0 radical (unpaired) electrons. The van der Waals surface area contributed by atoms with Gasteiger partial charge >= 0.3 is 0 Å². The van der Waals surface area contributed by atoms with Gasteiger partial charge in [-0.1, -0.05) is 25.1 Å². The molecule has 0 aliphatic carbocycles. The third kappa shape index (κ3) is 3.25. The first-order valence-electron chi connectivity index (χ1n) is 9.39. The number of hydrogen-bond donors (Lipinski definition) is 0. The third-order valence-corrected chi connectivity index (χ3v) is 5.26. The molecule has 1 aromatic carbocycles. The molecular weight excluding hydrogens is 342 g/mol. The Morgan fingerprint density at radius 2 is 1.74 bits per heavy atom. The van der Waals surface area contributed by atoms with Crippen LogP contribution in [0.3, 0.4) is 0 Å². The highest BCUT2D eigenvalue weighted by Crippen LogP contribution is 2.33. The molecule has 0 spiro atoms. The number of fused-ring (bicyclic) bond motifs is 1. The number of amides is 2. The largest absolute Gasteiger partial charge is 0.337 e. The van der Waals surface area contributed by atoms with Gasteiger partial charge in [0.15, 0.2) is 0 Å². The van der Waals surface area contributed by atoms with Crippen molar-refractivity contribution in [1.29, 1.82) is 0 Å². The summed E-state index contributed by atoms with van der Waals surface area (Å²) in [4.78, 5) is 40.0. The van der Waals surface area contributed by atoms with Crippen molar-refractivity contribution in [2.45, 2.75) is 25.8 Å². The van der Waals surface area contributed by atoms with E-state index in [1.807, 2.05) is 36.1 Å². The molecule has 2 aliphatic heterocycles. The first kappa shape index (κ1) is 17.5. The second kappa shape index (κ2) is 7.34. The minimum atomic E-state index is -0.436. The number of benzene rings is 1. The minimum Gasteiger partial charge on any atom is -0.337 e. The molecule has 1 atom stereocenters. The minimum absolute atomic E-state index is 0.00498. The molecule has 1 saturated heterocycles. The average molecular weight is 365 g/mol. The van der Waals surface area contributed by atoms with Crippen molar-refractivity contribution in [3.8, 4) is 0 Å². The van der Waals surface area contributed by atoms with Crippen molar-refractivity contribution in [2.75, 3.05) is 36.0 Å². The molecule has 7 nitrogen and oxygen atoms in total. The third-order valence-electron chi connectivity index (χ3n) is 5.26. The van der Waals surface area contributed by atoms with Gasteiger partial charge < -0.3 is 9.80 Å². The van der Waals surface area contributed by atoms with E-state index in [0.717, 1.165) is 11.3 Å². The van der Waals surface area contributed by atoms with Crippen LogP contribution in [0.5, 0.6) is 0 Å². The molecular formula is C20H23N5O2. The number of carbonyl (C=O) groups is 2. The molecule has 4 rings (SSSR count). The van der Waals surface area contributed by atoms with E-state index in [-0.39, 0.29) is 11.8 Å². The van der Waals surface area contributed by atoms with Gasteiger partial charge in [0.05, 0.1) is 0 Å². The summed E-state index contributed by atoms with van der Waals surface area (Å²) >= 11 is 0. The van der Waals surface area contributed by atoms with Gasteiger partial charge in [-0.25, -0.2) is 9.97 Å². The molecule has 0 unspecified atom stereocenters. The molecule has 2 amide bonds. The summed E-state index contributed by atoms with van der Waals surface area (Å²) in [5, 5.41) is 0. The highest BCUT2D eigenvalue weighted by molar-refractivity contribution is 6.03. The Labute approximate surface area is 158 Å². The number of anilines is 2. The van der Waals surface area contributed by atoms with Crippen LogP contribution in [-0.2, 0) is 16.0 Å². The van der Waals surface area contributed by atoms with E-state index >= 15 is 0 Å². The predicted octanol–water partition coefficient (Wildman–Crippen LogP) is 1.49. The normalized spacial score (nSPS) is 19.1. The van der Waals surface area contributed by atoms with Crippen molar-refractivity contribution in [3.63, 3.8) is 0 Å². The fraction of sp³-hybridized carbons (Fsp3) is 0.400. The SMILES string of the molecule is CCC(=O)N1c2ccccc2C[C@@H]1C(=O)N1CCN(c2ncccn2)CC1. The smallest absolute Gasteiger partial charge is 0.246 e. The van der Waals surface area contributed by atoms with Crippen LogP contribution in [0, 0.1) is 0 Å². The van der Waals surface area contributed by atoms with Crippen molar-refractivity contribution < 1.29 is 9.59 Å². The summed E-state index contributed by atoms with van der Waals surface area (Å²) in [7, 11) is 0. The summed E-state index contributed by atoms with van der Waals surface area (Å²) in [5.41, 5.74) is 1.94. The Kier molecular flexibility index (Phi) is 4.75. The van der Waals surface area contributed by atoms with Crippen LogP contribution in [0.25, 0.3) is 0 Å². The molecule has 27 heavy (non-hydrogen) atoms. The van der Waals surface area contributed by atoms with Gasteiger partial charge in [0.2, 0.25) is 17.8 Å². The predicted molar refractivity (Wildman–Crippen MR) is 103 cm³/mol. The van der Waals surface area contributed by atoms with Gasteiger partial charge in [0.1, 0.15) is 6.04 Å². The molecule has 2 aromatic rings. The monoisotopic (exact) mass is 365 g/mol. The van der Waals surface area contributed by atoms with Crippen LogP contribution >= 0.6 is 0 Å². The fourth-order valence-corrected chi connectivity index (χ4v) is 3.85. The Bertz CT molecular complexity index is 833. The Balaban J connectivity index is 1.48. The fourth-order valence-electron chi connectivity index (χ4n) is 3.85. The Morgan fingerprint density at radius 3 is 2.44 bits per heavy atom. The highest BCUT2D eigenvalue weighted by atomic mass is 16.2. The Morgan fingerprint density at radius 1 is 1.04 bits per heavy atom. The zero-order valence-electron chi connectivity index (χ0n) is 15.4. The lowest BCUT2D eigenvalue weighted by Crippen LogP contribution is -2.55. The zero-order valence-corrected chi connectivity index (χ0v) is 15.4. The summed E-state index contributed by atoms with van der Waals surface area (Å²) in [5.74, 6) is 0.719.